The number of rotatable bonds is 1. The van der Waals surface area contributed by atoms with E-state index in [0.29, 0.717) is 0 Å². The summed E-state index contributed by atoms with van der Waals surface area (Å²) in [6.07, 6.45) is 8.06. The van der Waals surface area contributed by atoms with Crippen LogP contribution in [0.3, 0.4) is 0 Å². The first-order valence-electron chi connectivity index (χ1n) is 5.68. The molecule has 1 unspecified atom stereocenters. The van der Waals surface area contributed by atoms with E-state index >= 15 is 0 Å². The van der Waals surface area contributed by atoms with E-state index in [4.69, 9.17) is 4.99 Å². The van der Waals surface area contributed by atoms with Crippen molar-refractivity contribution in [1.29, 1.82) is 0 Å². The van der Waals surface area contributed by atoms with Gasteiger partial charge in [-0.15, -0.1) is 0 Å². The highest BCUT2D eigenvalue weighted by Gasteiger charge is 2.26. The number of allylic oxidation sites excluding steroid dienone is 2. The summed E-state index contributed by atoms with van der Waals surface area (Å²) in [5, 5.41) is 5.45. The van der Waals surface area contributed by atoms with Gasteiger partial charge in [0.05, 0.1) is 6.54 Å². The van der Waals surface area contributed by atoms with Gasteiger partial charge in [0.2, 0.25) is 0 Å². The molecule has 0 aromatic rings. The van der Waals surface area contributed by atoms with E-state index in [2.05, 4.69) is 21.3 Å². The fourth-order valence-electron chi connectivity index (χ4n) is 1.81. The Morgan fingerprint density at radius 3 is 3.12 bits per heavy atom. The summed E-state index contributed by atoms with van der Waals surface area (Å²) in [6, 6.07) is 0. The summed E-state index contributed by atoms with van der Waals surface area (Å²) < 4.78 is 0. The average molecular weight is 266 g/mol. The molecule has 17 heavy (non-hydrogen) atoms. The van der Waals surface area contributed by atoms with Gasteiger partial charge in [0.25, 0.3) is 0 Å². The molecule has 0 aromatic heterocycles. The molecule has 4 nitrogen and oxygen atoms in total. The van der Waals surface area contributed by atoms with Crippen molar-refractivity contribution in [2.75, 3.05) is 24.6 Å². The second-order valence-corrected chi connectivity index (χ2v) is 5.90. The van der Waals surface area contributed by atoms with E-state index in [-0.39, 0.29) is 6.17 Å². The molecule has 1 N–H and O–H groups in total. The smallest absolute Gasteiger partial charge is 0.167 e. The Morgan fingerprint density at radius 1 is 1.35 bits per heavy atom. The zero-order valence-electron chi connectivity index (χ0n) is 9.37. The lowest BCUT2D eigenvalue weighted by atomic mass is 10.3. The molecule has 1 saturated heterocycles. The molecule has 0 aromatic carbocycles. The van der Waals surface area contributed by atoms with Crippen LogP contribution in [0.2, 0.25) is 0 Å². The Morgan fingerprint density at radius 2 is 2.35 bits per heavy atom. The van der Waals surface area contributed by atoms with Gasteiger partial charge in [-0.25, -0.2) is 4.99 Å². The van der Waals surface area contributed by atoms with E-state index in [9.17, 15) is 0 Å². The molecular weight excluding hydrogens is 252 g/mol. The molecule has 1 atom stereocenters. The minimum absolute atomic E-state index is 0.0649. The fourth-order valence-corrected chi connectivity index (χ4v) is 3.72. The van der Waals surface area contributed by atoms with Crippen molar-refractivity contribution in [3.63, 3.8) is 0 Å². The second-order valence-electron chi connectivity index (χ2n) is 3.78. The van der Waals surface area contributed by atoms with E-state index in [0.717, 1.165) is 34.9 Å². The highest BCUT2D eigenvalue weighted by Crippen LogP contribution is 2.25. The number of thioether (sulfide) groups is 2. The molecule has 0 bridgehead atoms. The number of hydrogen-bond acceptors (Lipinski definition) is 5. The molecule has 3 heterocycles. The van der Waals surface area contributed by atoms with Crippen LogP contribution in [0.15, 0.2) is 34.4 Å². The van der Waals surface area contributed by atoms with Gasteiger partial charge in [-0.3, -0.25) is 9.89 Å². The number of aliphatic imine (C=N–C) groups is 2. The van der Waals surface area contributed by atoms with Crippen LogP contribution in [0.4, 0.5) is 0 Å². The Hall–Kier alpha value is -0.880. The van der Waals surface area contributed by atoms with Crippen molar-refractivity contribution in [1.82, 2.24) is 10.2 Å². The summed E-state index contributed by atoms with van der Waals surface area (Å²) in [6.45, 7) is 1.97. The van der Waals surface area contributed by atoms with Gasteiger partial charge in [-0.05, 0) is 18.4 Å². The van der Waals surface area contributed by atoms with Crippen LogP contribution >= 0.6 is 23.5 Å². The monoisotopic (exact) mass is 266 g/mol. The highest BCUT2D eigenvalue weighted by atomic mass is 32.2. The third kappa shape index (κ3) is 2.52. The maximum absolute atomic E-state index is 4.72. The maximum atomic E-state index is 4.72. The normalized spacial score (nSPS) is 29.9. The van der Waals surface area contributed by atoms with Crippen LogP contribution in [0.5, 0.6) is 0 Å². The van der Waals surface area contributed by atoms with Gasteiger partial charge < -0.3 is 5.32 Å². The standard InChI is InChI=1S/C11H14N4S2/c1-2-4-12-9(3-1)14-11-15(6-8-17-11)10-13-5-7-16-10/h1-4,9,12H,5-8H2. The van der Waals surface area contributed by atoms with Crippen LogP contribution < -0.4 is 5.32 Å². The van der Waals surface area contributed by atoms with Gasteiger partial charge in [0.15, 0.2) is 10.3 Å². The Bertz CT molecular complexity index is 414. The van der Waals surface area contributed by atoms with Gasteiger partial charge >= 0.3 is 0 Å². The van der Waals surface area contributed by atoms with Crippen LogP contribution in [0.1, 0.15) is 0 Å². The van der Waals surface area contributed by atoms with Crippen LogP contribution in [-0.4, -0.2) is 46.0 Å². The van der Waals surface area contributed by atoms with Gasteiger partial charge in [0, 0.05) is 18.1 Å². The predicted octanol–water partition coefficient (Wildman–Crippen LogP) is 1.49. The van der Waals surface area contributed by atoms with E-state index in [1.165, 1.54) is 0 Å². The average Bonchev–Trinajstić information content (AvgIpc) is 3.00. The molecule has 6 heteroatoms. The van der Waals surface area contributed by atoms with Crippen molar-refractivity contribution in [3.05, 3.63) is 24.4 Å². The Balaban J connectivity index is 1.74. The largest absolute Gasteiger partial charge is 0.367 e. The molecule has 0 spiro atoms. The first kappa shape index (κ1) is 11.2. The van der Waals surface area contributed by atoms with Gasteiger partial charge in [0.1, 0.15) is 6.17 Å². The van der Waals surface area contributed by atoms with Gasteiger partial charge in [-0.2, -0.15) is 0 Å². The minimum atomic E-state index is 0.0649. The lowest BCUT2D eigenvalue weighted by molar-refractivity contribution is 0.661. The first-order valence-corrected chi connectivity index (χ1v) is 7.65. The number of hydrogen-bond donors (Lipinski definition) is 1. The van der Waals surface area contributed by atoms with Crippen molar-refractivity contribution in [3.8, 4) is 0 Å². The molecule has 3 aliphatic rings. The van der Waals surface area contributed by atoms with Crippen molar-refractivity contribution < 1.29 is 0 Å². The number of nitrogens with zero attached hydrogens (tertiary/aromatic N) is 3. The quantitative estimate of drug-likeness (QED) is 0.780. The molecule has 3 aliphatic heterocycles. The van der Waals surface area contributed by atoms with Crippen molar-refractivity contribution >= 4 is 33.9 Å². The van der Waals surface area contributed by atoms with Crippen LogP contribution in [0.25, 0.3) is 0 Å². The molecule has 90 valence electrons. The molecule has 1 fully saturated rings. The van der Waals surface area contributed by atoms with Crippen LogP contribution in [0, 0.1) is 0 Å². The summed E-state index contributed by atoms with van der Waals surface area (Å²) in [4.78, 5) is 11.5. The highest BCUT2D eigenvalue weighted by molar-refractivity contribution is 8.16. The molecule has 0 radical (unpaired) electrons. The minimum Gasteiger partial charge on any atom is -0.367 e. The first-order chi connectivity index (χ1) is 8.43. The Kier molecular flexibility index (Phi) is 3.42. The lowest BCUT2D eigenvalue weighted by Crippen LogP contribution is -2.31. The summed E-state index contributed by atoms with van der Waals surface area (Å²) >= 11 is 3.65. The van der Waals surface area contributed by atoms with Gasteiger partial charge in [-0.1, -0.05) is 29.6 Å². The van der Waals surface area contributed by atoms with E-state index < -0.39 is 0 Å². The third-order valence-corrected chi connectivity index (χ3v) is 4.56. The number of dihydropyridines is 1. The Labute approximate surface area is 109 Å². The topological polar surface area (TPSA) is 40.0 Å². The molecule has 0 saturated carbocycles. The van der Waals surface area contributed by atoms with Crippen molar-refractivity contribution in [2.24, 2.45) is 9.98 Å². The van der Waals surface area contributed by atoms with Crippen molar-refractivity contribution in [2.45, 2.75) is 6.17 Å². The maximum Gasteiger partial charge on any atom is 0.167 e. The van der Waals surface area contributed by atoms with E-state index in [1.54, 1.807) is 0 Å². The third-order valence-electron chi connectivity index (χ3n) is 2.59. The molecule has 0 amide bonds. The molecule has 0 aliphatic carbocycles. The summed E-state index contributed by atoms with van der Waals surface area (Å²) in [5.74, 6) is 2.21. The SMILES string of the molecule is C1=CNC(N=C2SCCN2C2=NCCS2)C=C1. The zero-order chi connectivity index (χ0) is 11.5. The second kappa shape index (κ2) is 5.18. The lowest BCUT2D eigenvalue weighted by Gasteiger charge is -2.19. The fraction of sp³-hybridized carbons (Fsp3) is 0.455. The zero-order valence-corrected chi connectivity index (χ0v) is 11.0. The summed E-state index contributed by atoms with van der Waals surface area (Å²) in [5.41, 5.74) is 0. The summed E-state index contributed by atoms with van der Waals surface area (Å²) in [7, 11) is 0. The van der Waals surface area contributed by atoms with Crippen LogP contribution in [-0.2, 0) is 0 Å². The molecule has 3 rings (SSSR count). The van der Waals surface area contributed by atoms with E-state index in [1.807, 2.05) is 41.9 Å². The number of amidine groups is 2. The predicted molar refractivity (Wildman–Crippen MR) is 76.6 cm³/mol. The molecular formula is C11H14N4S2. The number of nitrogens with one attached hydrogen (secondary N) is 1.